The zero-order chi connectivity index (χ0) is 12.0. The first-order valence-electron chi connectivity index (χ1n) is 6.29. The molecular formula is C12H25ClN2OS. The molecule has 0 radical (unpaired) electrons. The fraction of sp³-hybridized carbons (Fsp3) is 0.917. The molecule has 0 aromatic rings. The van der Waals surface area contributed by atoms with E-state index in [1.165, 1.54) is 12.8 Å². The fourth-order valence-corrected chi connectivity index (χ4v) is 3.06. The monoisotopic (exact) mass is 280 g/mol. The molecule has 1 heterocycles. The molecular weight excluding hydrogens is 256 g/mol. The lowest BCUT2D eigenvalue weighted by Gasteiger charge is -2.20. The second-order valence-electron chi connectivity index (χ2n) is 4.54. The molecule has 17 heavy (non-hydrogen) atoms. The number of unbranched alkanes of at least 4 members (excludes halogenated alkanes) is 1. The van der Waals surface area contributed by atoms with E-state index in [-0.39, 0.29) is 17.7 Å². The number of carbonyl (C=O) groups is 1. The maximum atomic E-state index is 12.1. The number of hydrogen-bond donors (Lipinski definition) is 1. The number of halogens is 1. The quantitative estimate of drug-likeness (QED) is 0.759. The minimum atomic E-state index is 0. The zero-order valence-electron chi connectivity index (χ0n) is 10.9. The highest BCUT2D eigenvalue weighted by molar-refractivity contribution is 8.00. The number of thioether (sulfide) groups is 1. The van der Waals surface area contributed by atoms with Crippen LogP contribution in [0.25, 0.3) is 0 Å². The summed E-state index contributed by atoms with van der Waals surface area (Å²) in [6, 6.07) is 0. The molecule has 0 saturated carbocycles. The van der Waals surface area contributed by atoms with E-state index in [4.69, 9.17) is 5.73 Å². The maximum Gasteiger partial charge on any atom is 0.235 e. The van der Waals surface area contributed by atoms with Crippen LogP contribution in [-0.4, -0.2) is 41.4 Å². The van der Waals surface area contributed by atoms with Crippen LogP contribution in [0.4, 0.5) is 0 Å². The van der Waals surface area contributed by atoms with Gasteiger partial charge < -0.3 is 10.6 Å². The molecule has 1 fully saturated rings. The van der Waals surface area contributed by atoms with Crippen LogP contribution in [-0.2, 0) is 4.79 Å². The predicted octanol–water partition coefficient (Wildman–Crippen LogP) is 2.14. The van der Waals surface area contributed by atoms with Crippen molar-refractivity contribution in [1.82, 2.24) is 4.90 Å². The summed E-state index contributed by atoms with van der Waals surface area (Å²) in [6.45, 7) is 6.69. The summed E-state index contributed by atoms with van der Waals surface area (Å²) in [5.74, 6) is 1.92. The predicted molar refractivity (Wildman–Crippen MR) is 77.8 cm³/mol. The Hall–Kier alpha value is 0.0700. The molecule has 1 aliphatic rings. The van der Waals surface area contributed by atoms with Gasteiger partial charge >= 0.3 is 0 Å². The Labute approximate surface area is 115 Å². The van der Waals surface area contributed by atoms with E-state index in [1.54, 1.807) is 11.8 Å². The molecule has 102 valence electrons. The van der Waals surface area contributed by atoms with Gasteiger partial charge in [-0.05, 0) is 38.0 Å². The van der Waals surface area contributed by atoms with E-state index < -0.39 is 0 Å². The molecule has 0 bridgehead atoms. The normalized spacial score (nSPS) is 21.1. The summed E-state index contributed by atoms with van der Waals surface area (Å²) in [7, 11) is 0. The van der Waals surface area contributed by atoms with E-state index in [0.29, 0.717) is 18.4 Å². The Balaban J connectivity index is 0.00000256. The molecule has 0 aromatic carbocycles. The van der Waals surface area contributed by atoms with E-state index in [0.717, 1.165) is 25.3 Å². The highest BCUT2D eigenvalue weighted by Gasteiger charge is 2.28. The van der Waals surface area contributed by atoms with Crippen LogP contribution in [0.2, 0.25) is 0 Å². The number of nitrogens with zero attached hydrogens (tertiary/aromatic N) is 1. The number of nitrogens with two attached hydrogens (primary N) is 1. The molecule has 2 N–H and O–H groups in total. The van der Waals surface area contributed by atoms with E-state index in [2.05, 4.69) is 6.92 Å². The molecule has 2 unspecified atom stereocenters. The van der Waals surface area contributed by atoms with E-state index in [1.807, 2.05) is 11.8 Å². The van der Waals surface area contributed by atoms with Crippen LogP contribution in [0.5, 0.6) is 0 Å². The lowest BCUT2D eigenvalue weighted by Crippen LogP contribution is -2.35. The Morgan fingerprint density at radius 2 is 2.29 bits per heavy atom. The fourth-order valence-electron chi connectivity index (χ4n) is 1.96. The SMILES string of the molecule is CCCCSC(C)C(=O)N1CCC(CN)C1.Cl. The van der Waals surface area contributed by atoms with Crippen molar-refractivity contribution in [2.75, 3.05) is 25.4 Å². The summed E-state index contributed by atoms with van der Waals surface area (Å²) in [6.07, 6.45) is 3.48. The topological polar surface area (TPSA) is 46.3 Å². The summed E-state index contributed by atoms with van der Waals surface area (Å²) in [4.78, 5) is 14.1. The van der Waals surface area contributed by atoms with Crippen molar-refractivity contribution in [2.24, 2.45) is 11.7 Å². The maximum absolute atomic E-state index is 12.1. The molecule has 5 heteroatoms. The highest BCUT2D eigenvalue weighted by atomic mass is 35.5. The van der Waals surface area contributed by atoms with Crippen molar-refractivity contribution in [3.63, 3.8) is 0 Å². The first kappa shape index (κ1) is 17.1. The minimum Gasteiger partial charge on any atom is -0.341 e. The van der Waals surface area contributed by atoms with Crippen molar-refractivity contribution in [2.45, 2.75) is 38.4 Å². The Morgan fingerprint density at radius 1 is 1.59 bits per heavy atom. The number of hydrogen-bond acceptors (Lipinski definition) is 3. The van der Waals surface area contributed by atoms with Gasteiger partial charge in [0.1, 0.15) is 0 Å². The second-order valence-corrected chi connectivity index (χ2v) is 5.99. The van der Waals surface area contributed by atoms with Crippen LogP contribution in [0.1, 0.15) is 33.1 Å². The molecule has 0 aliphatic carbocycles. The largest absolute Gasteiger partial charge is 0.341 e. The number of carbonyl (C=O) groups excluding carboxylic acids is 1. The summed E-state index contributed by atoms with van der Waals surface area (Å²) in [5, 5.41) is 0.114. The molecule has 0 spiro atoms. The van der Waals surface area contributed by atoms with Gasteiger partial charge in [-0.15, -0.1) is 24.2 Å². The van der Waals surface area contributed by atoms with Gasteiger partial charge in [0.05, 0.1) is 5.25 Å². The van der Waals surface area contributed by atoms with Gasteiger partial charge in [-0.25, -0.2) is 0 Å². The van der Waals surface area contributed by atoms with Gasteiger partial charge in [0, 0.05) is 13.1 Å². The van der Waals surface area contributed by atoms with Gasteiger partial charge in [-0.3, -0.25) is 4.79 Å². The second kappa shape index (κ2) is 9.06. The number of rotatable bonds is 6. The molecule has 1 saturated heterocycles. The molecule has 0 aromatic heterocycles. The van der Waals surface area contributed by atoms with Crippen molar-refractivity contribution in [1.29, 1.82) is 0 Å². The van der Waals surface area contributed by atoms with Crippen molar-refractivity contribution < 1.29 is 4.79 Å². The lowest BCUT2D eigenvalue weighted by molar-refractivity contribution is -0.129. The molecule has 1 aliphatic heterocycles. The minimum absolute atomic E-state index is 0. The van der Waals surface area contributed by atoms with Crippen molar-refractivity contribution in [3.8, 4) is 0 Å². The standard InChI is InChI=1S/C12H24N2OS.ClH/c1-3-4-7-16-10(2)12(15)14-6-5-11(8-13)9-14;/h10-11H,3-9,13H2,1-2H3;1H. The molecule has 3 nitrogen and oxygen atoms in total. The van der Waals surface area contributed by atoms with E-state index in [9.17, 15) is 4.79 Å². The van der Waals surface area contributed by atoms with Crippen LogP contribution in [0.15, 0.2) is 0 Å². The van der Waals surface area contributed by atoms with Gasteiger partial charge in [0.15, 0.2) is 0 Å². The first-order valence-corrected chi connectivity index (χ1v) is 7.34. The number of amides is 1. The van der Waals surface area contributed by atoms with Gasteiger partial charge in [0.25, 0.3) is 0 Å². The van der Waals surface area contributed by atoms with Crippen LogP contribution < -0.4 is 5.73 Å². The number of likely N-dealkylation sites (tertiary alicyclic amines) is 1. The molecule has 2 atom stereocenters. The Morgan fingerprint density at radius 3 is 2.82 bits per heavy atom. The zero-order valence-corrected chi connectivity index (χ0v) is 12.5. The third-order valence-corrected chi connectivity index (χ3v) is 4.37. The summed E-state index contributed by atoms with van der Waals surface area (Å²) < 4.78 is 0. The Kier molecular flexibility index (Phi) is 9.10. The van der Waals surface area contributed by atoms with Crippen LogP contribution in [0, 0.1) is 5.92 Å². The third kappa shape index (κ3) is 5.49. The highest BCUT2D eigenvalue weighted by Crippen LogP contribution is 2.20. The van der Waals surface area contributed by atoms with Crippen LogP contribution in [0.3, 0.4) is 0 Å². The first-order chi connectivity index (χ1) is 7.69. The third-order valence-electron chi connectivity index (χ3n) is 3.14. The van der Waals surface area contributed by atoms with Crippen molar-refractivity contribution >= 4 is 30.1 Å². The molecule has 1 amide bonds. The summed E-state index contributed by atoms with van der Waals surface area (Å²) in [5.41, 5.74) is 5.63. The van der Waals surface area contributed by atoms with E-state index >= 15 is 0 Å². The van der Waals surface area contributed by atoms with Gasteiger partial charge in [0.2, 0.25) is 5.91 Å². The van der Waals surface area contributed by atoms with Gasteiger partial charge in [-0.1, -0.05) is 13.3 Å². The average Bonchev–Trinajstić information content (AvgIpc) is 2.76. The average molecular weight is 281 g/mol. The Bertz CT molecular complexity index is 229. The molecule has 1 rings (SSSR count). The lowest BCUT2D eigenvalue weighted by atomic mass is 10.1. The van der Waals surface area contributed by atoms with Crippen molar-refractivity contribution in [3.05, 3.63) is 0 Å². The van der Waals surface area contributed by atoms with Crippen LogP contribution >= 0.6 is 24.2 Å². The summed E-state index contributed by atoms with van der Waals surface area (Å²) >= 11 is 1.78. The smallest absolute Gasteiger partial charge is 0.235 e. The van der Waals surface area contributed by atoms with Gasteiger partial charge in [-0.2, -0.15) is 0 Å².